The van der Waals surface area contributed by atoms with Gasteiger partial charge < -0.3 is 21.9 Å². The summed E-state index contributed by atoms with van der Waals surface area (Å²) in [7, 11) is 0. The minimum atomic E-state index is -1.00. The van der Waals surface area contributed by atoms with Gasteiger partial charge in [-0.3, -0.25) is 10.2 Å². The molecule has 1 atom stereocenters. The summed E-state index contributed by atoms with van der Waals surface area (Å²) in [6, 6.07) is -0.821. The van der Waals surface area contributed by atoms with Gasteiger partial charge in [0.25, 0.3) is 0 Å². The molecular weight excluding hydrogens is 219 g/mol. The zero-order valence-electron chi connectivity index (χ0n) is 7.03. The number of aliphatic carboxylic acids is 1. The van der Waals surface area contributed by atoms with Crippen LogP contribution in [-0.4, -0.2) is 29.6 Å². The summed E-state index contributed by atoms with van der Waals surface area (Å²) in [5.41, 5.74) is 10.2. The fraction of sp³-hybridized carbons (Fsp3) is 0.667. The minimum Gasteiger partial charge on any atom is -0.480 e. The van der Waals surface area contributed by atoms with Crippen LogP contribution >= 0.6 is 0 Å². The second-order valence-corrected chi connectivity index (χ2v) is 2.43. The topological polar surface area (TPSA) is 125 Å². The quantitative estimate of drug-likeness (QED) is 0.174. The molecular formula is C6H14N4NiO2. The summed E-state index contributed by atoms with van der Waals surface area (Å²) in [5.74, 6) is -1.11. The number of carboxylic acids is 1. The molecule has 80 valence electrons. The van der Waals surface area contributed by atoms with Crippen molar-refractivity contribution in [3.05, 3.63) is 0 Å². The molecule has 0 aromatic heterocycles. The van der Waals surface area contributed by atoms with Gasteiger partial charge in [-0.15, -0.1) is 0 Å². The molecule has 13 heavy (non-hydrogen) atoms. The van der Waals surface area contributed by atoms with Crippen LogP contribution in [0.5, 0.6) is 0 Å². The Balaban J connectivity index is 0. The van der Waals surface area contributed by atoms with E-state index in [-0.39, 0.29) is 22.5 Å². The van der Waals surface area contributed by atoms with E-state index >= 15 is 0 Å². The Morgan fingerprint density at radius 3 is 2.54 bits per heavy atom. The molecule has 7 N–H and O–H groups in total. The van der Waals surface area contributed by atoms with Crippen LogP contribution in [0.4, 0.5) is 0 Å². The first kappa shape index (κ1) is 14.7. The Bertz CT molecular complexity index is 176. The van der Waals surface area contributed by atoms with Crippen LogP contribution in [0.3, 0.4) is 0 Å². The minimum absolute atomic E-state index is 0. The van der Waals surface area contributed by atoms with E-state index in [4.69, 9.17) is 22.0 Å². The Kier molecular flexibility index (Phi) is 8.85. The number of guanidine groups is 1. The molecule has 0 radical (unpaired) electrons. The van der Waals surface area contributed by atoms with Crippen LogP contribution in [0, 0.1) is 5.41 Å². The van der Waals surface area contributed by atoms with Gasteiger partial charge in [-0.2, -0.15) is 0 Å². The van der Waals surface area contributed by atoms with Crippen LogP contribution in [0.1, 0.15) is 12.8 Å². The van der Waals surface area contributed by atoms with Gasteiger partial charge in [0.05, 0.1) is 0 Å². The van der Waals surface area contributed by atoms with Crippen molar-refractivity contribution < 1.29 is 26.4 Å². The summed E-state index contributed by atoms with van der Waals surface area (Å²) in [4.78, 5) is 10.2. The molecule has 7 heteroatoms. The molecule has 0 saturated heterocycles. The Hall–Kier alpha value is -0.806. The second-order valence-electron chi connectivity index (χ2n) is 2.43. The van der Waals surface area contributed by atoms with Crippen molar-refractivity contribution in [2.45, 2.75) is 18.9 Å². The fourth-order valence-corrected chi connectivity index (χ4v) is 0.669. The van der Waals surface area contributed by atoms with Gasteiger partial charge in [0.2, 0.25) is 0 Å². The van der Waals surface area contributed by atoms with Gasteiger partial charge in [0, 0.05) is 23.0 Å². The van der Waals surface area contributed by atoms with Crippen LogP contribution in [0.15, 0.2) is 0 Å². The molecule has 0 heterocycles. The summed E-state index contributed by atoms with van der Waals surface area (Å²) >= 11 is 0. The maximum Gasteiger partial charge on any atom is 0.320 e. The molecule has 1 unspecified atom stereocenters. The molecule has 0 bridgehead atoms. The van der Waals surface area contributed by atoms with E-state index in [1.165, 1.54) is 0 Å². The monoisotopic (exact) mass is 232 g/mol. The van der Waals surface area contributed by atoms with Crippen molar-refractivity contribution in [3.8, 4) is 0 Å². The predicted octanol–water partition coefficient (Wildman–Crippen LogP) is -1.34. The molecule has 6 nitrogen and oxygen atoms in total. The van der Waals surface area contributed by atoms with Gasteiger partial charge in [0.1, 0.15) is 6.04 Å². The fourth-order valence-electron chi connectivity index (χ4n) is 0.669. The third kappa shape index (κ3) is 9.11. The molecule has 0 aliphatic carbocycles. The first-order valence-corrected chi connectivity index (χ1v) is 3.60. The van der Waals surface area contributed by atoms with Gasteiger partial charge in [-0.05, 0) is 12.8 Å². The average molecular weight is 233 g/mol. The first-order valence-electron chi connectivity index (χ1n) is 3.60. The van der Waals surface area contributed by atoms with Crippen molar-refractivity contribution in [1.82, 2.24) is 5.32 Å². The molecule has 0 amide bonds. The van der Waals surface area contributed by atoms with Gasteiger partial charge >= 0.3 is 5.97 Å². The van der Waals surface area contributed by atoms with Crippen molar-refractivity contribution in [1.29, 1.82) is 5.41 Å². The maximum absolute atomic E-state index is 10.2. The number of hydrogen-bond acceptors (Lipinski definition) is 3. The number of nitrogens with two attached hydrogens (primary N) is 2. The molecule has 0 rings (SSSR count). The molecule has 0 aromatic rings. The number of carbonyl (C=O) groups is 1. The van der Waals surface area contributed by atoms with E-state index in [9.17, 15) is 4.79 Å². The van der Waals surface area contributed by atoms with E-state index in [1.807, 2.05) is 0 Å². The van der Waals surface area contributed by atoms with Crippen LogP contribution in [-0.2, 0) is 21.3 Å². The standard InChI is InChI=1S/C6H14N4O2.Ni/c7-4(5(11)12)2-1-3-10-6(8)9;/h4H,1-3,7H2,(H,11,12)(H4,8,9,10);. The molecule has 0 saturated carbocycles. The first-order chi connectivity index (χ1) is 5.54. The molecule has 0 spiro atoms. The zero-order chi connectivity index (χ0) is 9.56. The van der Waals surface area contributed by atoms with Crippen LogP contribution in [0.25, 0.3) is 0 Å². The van der Waals surface area contributed by atoms with Crippen LogP contribution < -0.4 is 16.8 Å². The third-order valence-electron chi connectivity index (χ3n) is 1.32. The van der Waals surface area contributed by atoms with Gasteiger partial charge in [-0.25, -0.2) is 0 Å². The summed E-state index contributed by atoms with van der Waals surface area (Å²) in [6.45, 7) is 0.482. The predicted molar refractivity (Wildman–Crippen MR) is 44.8 cm³/mol. The molecule has 0 aliphatic rings. The molecule has 0 aliphatic heterocycles. The van der Waals surface area contributed by atoms with Crippen molar-refractivity contribution in [2.24, 2.45) is 11.5 Å². The zero-order valence-corrected chi connectivity index (χ0v) is 8.01. The molecule has 0 fully saturated rings. The Morgan fingerprint density at radius 2 is 2.15 bits per heavy atom. The van der Waals surface area contributed by atoms with E-state index in [0.717, 1.165) is 0 Å². The summed E-state index contributed by atoms with van der Waals surface area (Å²) in [5, 5.41) is 17.7. The maximum atomic E-state index is 10.2. The molecule has 0 aromatic carbocycles. The van der Waals surface area contributed by atoms with E-state index in [0.29, 0.717) is 19.4 Å². The average Bonchev–Trinajstić information content (AvgIpc) is 1.97. The van der Waals surface area contributed by atoms with Crippen molar-refractivity contribution >= 4 is 11.9 Å². The summed E-state index contributed by atoms with van der Waals surface area (Å²) < 4.78 is 0. The van der Waals surface area contributed by atoms with Crippen molar-refractivity contribution in [2.75, 3.05) is 6.54 Å². The summed E-state index contributed by atoms with van der Waals surface area (Å²) in [6.07, 6.45) is 0.975. The Morgan fingerprint density at radius 1 is 1.62 bits per heavy atom. The van der Waals surface area contributed by atoms with Gasteiger partial charge in [0.15, 0.2) is 5.96 Å². The number of nitrogens with one attached hydrogen (secondary N) is 2. The van der Waals surface area contributed by atoms with Crippen LogP contribution in [0.2, 0.25) is 0 Å². The largest absolute Gasteiger partial charge is 0.480 e. The SMILES string of the molecule is N=C(N)NCCCC(N)C(=O)O.[Ni]. The number of rotatable bonds is 5. The number of hydrogen-bond donors (Lipinski definition) is 5. The number of carboxylic acid groups (broad SMARTS) is 1. The normalized spacial score (nSPS) is 11.2. The third-order valence-corrected chi connectivity index (χ3v) is 1.32. The Labute approximate surface area is 86.5 Å². The smallest absolute Gasteiger partial charge is 0.320 e. The van der Waals surface area contributed by atoms with E-state index in [2.05, 4.69) is 5.32 Å². The van der Waals surface area contributed by atoms with E-state index in [1.54, 1.807) is 0 Å². The second kappa shape index (κ2) is 7.82. The van der Waals surface area contributed by atoms with E-state index < -0.39 is 12.0 Å². The van der Waals surface area contributed by atoms with Crippen molar-refractivity contribution in [3.63, 3.8) is 0 Å². The van der Waals surface area contributed by atoms with Gasteiger partial charge in [-0.1, -0.05) is 0 Å².